The molecule has 1 aliphatic rings. The van der Waals surface area contributed by atoms with Crippen LogP contribution in [0.15, 0.2) is 17.6 Å². The van der Waals surface area contributed by atoms with Gasteiger partial charge in [-0.3, -0.25) is 4.98 Å². The van der Waals surface area contributed by atoms with Crippen LogP contribution in [0.3, 0.4) is 0 Å². The Morgan fingerprint density at radius 3 is 2.59 bits per heavy atom. The summed E-state index contributed by atoms with van der Waals surface area (Å²) < 4.78 is 0. The monoisotopic (exact) mass is 373 g/mol. The molecule has 2 aromatic rings. The quantitative estimate of drug-likeness (QED) is 0.430. The van der Waals surface area contributed by atoms with Crippen molar-refractivity contribution < 1.29 is 0 Å². The molecule has 0 atom stereocenters. The van der Waals surface area contributed by atoms with Gasteiger partial charge in [-0.15, -0.1) is 11.6 Å². The number of alkyl halides is 1. The molecule has 0 saturated carbocycles. The summed E-state index contributed by atoms with van der Waals surface area (Å²) in [5.74, 6) is 1.20. The van der Waals surface area contributed by atoms with Crippen LogP contribution in [-0.4, -0.2) is 20.8 Å². The van der Waals surface area contributed by atoms with Crippen molar-refractivity contribution in [3.05, 3.63) is 45.0 Å². The Bertz CT molecular complexity index is 674. The van der Waals surface area contributed by atoms with Gasteiger partial charge in [0, 0.05) is 47.4 Å². The first-order valence-corrected chi connectivity index (χ1v) is 9.32. The first-order valence-electron chi connectivity index (χ1n) is 7.04. The van der Waals surface area contributed by atoms with E-state index in [1.807, 2.05) is 0 Å². The minimum atomic E-state index is 0.571. The molecule has 0 spiro atoms. The van der Waals surface area contributed by atoms with Gasteiger partial charge < -0.3 is 0 Å². The van der Waals surface area contributed by atoms with E-state index in [1.54, 1.807) is 24.2 Å². The molecule has 0 bridgehead atoms. The van der Waals surface area contributed by atoms with Crippen molar-refractivity contribution in [1.82, 2.24) is 15.0 Å². The molecule has 0 unspecified atom stereocenters. The molecule has 0 amide bonds. The standard InChI is InChI=1S/C15H14Cl3N3S/c16-5-4-14-9-2-1-3-13(9)20-15(21-14)22-8-10-11(17)6-19-7-12(10)18/h6-7H,1-5,8H2. The Morgan fingerprint density at radius 2 is 1.86 bits per heavy atom. The molecule has 22 heavy (non-hydrogen) atoms. The molecule has 3 rings (SSSR count). The lowest BCUT2D eigenvalue weighted by molar-refractivity contribution is 0.846. The van der Waals surface area contributed by atoms with Crippen molar-refractivity contribution in [2.75, 3.05) is 5.88 Å². The largest absolute Gasteiger partial charge is 0.262 e. The van der Waals surface area contributed by atoms with Crippen LogP contribution in [0.2, 0.25) is 10.0 Å². The van der Waals surface area contributed by atoms with E-state index in [9.17, 15) is 0 Å². The van der Waals surface area contributed by atoms with E-state index in [0.29, 0.717) is 21.7 Å². The lowest BCUT2D eigenvalue weighted by atomic mass is 10.1. The summed E-state index contributed by atoms with van der Waals surface area (Å²) in [5, 5.41) is 1.91. The van der Waals surface area contributed by atoms with E-state index in [-0.39, 0.29) is 0 Å². The van der Waals surface area contributed by atoms with Crippen LogP contribution >= 0.6 is 46.6 Å². The highest BCUT2D eigenvalue weighted by Crippen LogP contribution is 2.31. The molecule has 0 radical (unpaired) electrons. The molecule has 0 aromatic carbocycles. The van der Waals surface area contributed by atoms with Crippen LogP contribution in [0.1, 0.15) is 28.9 Å². The molecule has 2 aromatic heterocycles. The van der Waals surface area contributed by atoms with E-state index in [0.717, 1.165) is 42.1 Å². The number of hydrogen-bond donors (Lipinski definition) is 0. The molecule has 1 aliphatic carbocycles. The summed E-state index contributed by atoms with van der Waals surface area (Å²) in [7, 11) is 0. The van der Waals surface area contributed by atoms with Gasteiger partial charge in [-0.1, -0.05) is 35.0 Å². The van der Waals surface area contributed by atoms with Crippen LogP contribution in [0.5, 0.6) is 0 Å². The fourth-order valence-electron chi connectivity index (χ4n) is 2.56. The van der Waals surface area contributed by atoms with Gasteiger partial charge in [0.15, 0.2) is 5.16 Å². The summed E-state index contributed by atoms with van der Waals surface area (Å²) >= 11 is 19.7. The number of aryl methyl sites for hydroxylation is 2. The van der Waals surface area contributed by atoms with Crippen molar-refractivity contribution in [3.63, 3.8) is 0 Å². The van der Waals surface area contributed by atoms with Crippen LogP contribution in [-0.2, 0) is 25.0 Å². The van der Waals surface area contributed by atoms with Gasteiger partial charge in [0.1, 0.15) is 0 Å². The van der Waals surface area contributed by atoms with E-state index >= 15 is 0 Å². The smallest absolute Gasteiger partial charge is 0.188 e. The second kappa shape index (κ2) is 7.35. The third kappa shape index (κ3) is 3.51. The number of aromatic nitrogens is 3. The van der Waals surface area contributed by atoms with Crippen molar-refractivity contribution in [1.29, 1.82) is 0 Å². The number of pyridine rings is 1. The van der Waals surface area contributed by atoms with Gasteiger partial charge in [-0.2, -0.15) is 0 Å². The number of nitrogens with zero attached hydrogens (tertiary/aromatic N) is 3. The zero-order chi connectivity index (χ0) is 15.5. The van der Waals surface area contributed by atoms with E-state index < -0.39 is 0 Å². The molecule has 0 fully saturated rings. The minimum Gasteiger partial charge on any atom is -0.262 e. The van der Waals surface area contributed by atoms with Gasteiger partial charge in [0.05, 0.1) is 10.0 Å². The second-order valence-corrected chi connectivity index (χ2v) is 7.18. The first-order chi connectivity index (χ1) is 10.7. The molecular weight excluding hydrogens is 361 g/mol. The zero-order valence-corrected chi connectivity index (χ0v) is 14.9. The van der Waals surface area contributed by atoms with Crippen LogP contribution in [0, 0.1) is 0 Å². The Balaban J connectivity index is 1.82. The number of halogens is 3. The Labute approximate surface area is 148 Å². The van der Waals surface area contributed by atoms with Crippen LogP contribution in [0.25, 0.3) is 0 Å². The molecule has 0 saturated heterocycles. The predicted molar refractivity (Wildman–Crippen MR) is 92.3 cm³/mol. The van der Waals surface area contributed by atoms with Crippen molar-refractivity contribution in [3.8, 4) is 0 Å². The van der Waals surface area contributed by atoms with E-state index in [4.69, 9.17) is 34.8 Å². The highest BCUT2D eigenvalue weighted by molar-refractivity contribution is 7.98. The second-order valence-electron chi connectivity index (χ2n) is 5.04. The average Bonchev–Trinajstić information content (AvgIpc) is 2.96. The summed E-state index contributed by atoms with van der Waals surface area (Å²) in [6, 6.07) is 0. The minimum absolute atomic E-state index is 0.571. The molecule has 0 N–H and O–H groups in total. The molecule has 3 nitrogen and oxygen atoms in total. The van der Waals surface area contributed by atoms with Crippen LogP contribution in [0.4, 0.5) is 0 Å². The van der Waals surface area contributed by atoms with Crippen LogP contribution < -0.4 is 0 Å². The van der Waals surface area contributed by atoms with E-state index in [2.05, 4.69) is 15.0 Å². The number of thioether (sulfide) groups is 1. The lowest BCUT2D eigenvalue weighted by Crippen LogP contribution is -2.04. The fraction of sp³-hybridized carbons (Fsp3) is 0.400. The summed E-state index contributed by atoms with van der Waals surface area (Å²) in [5.41, 5.74) is 4.42. The third-order valence-electron chi connectivity index (χ3n) is 3.63. The topological polar surface area (TPSA) is 38.7 Å². The maximum absolute atomic E-state index is 6.15. The van der Waals surface area contributed by atoms with Crippen molar-refractivity contribution in [2.24, 2.45) is 0 Å². The average molecular weight is 375 g/mol. The number of hydrogen-bond acceptors (Lipinski definition) is 4. The summed E-state index contributed by atoms with van der Waals surface area (Å²) in [6.45, 7) is 0. The number of rotatable bonds is 5. The molecule has 2 heterocycles. The van der Waals surface area contributed by atoms with Gasteiger partial charge in [-0.05, 0) is 24.8 Å². The summed E-state index contributed by atoms with van der Waals surface area (Å²) in [6.07, 6.45) is 7.23. The molecule has 7 heteroatoms. The summed E-state index contributed by atoms with van der Waals surface area (Å²) in [4.78, 5) is 13.3. The van der Waals surface area contributed by atoms with Crippen molar-refractivity contribution >= 4 is 46.6 Å². The van der Waals surface area contributed by atoms with Crippen molar-refractivity contribution in [2.45, 2.75) is 36.6 Å². The maximum Gasteiger partial charge on any atom is 0.188 e. The normalized spacial score (nSPS) is 13.4. The molecular formula is C15H14Cl3N3S. The third-order valence-corrected chi connectivity index (χ3v) is 5.34. The molecule has 0 aliphatic heterocycles. The van der Waals surface area contributed by atoms with Gasteiger partial charge in [0.25, 0.3) is 0 Å². The Kier molecular flexibility index (Phi) is 5.45. The van der Waals surface area contributed by atoms with Gasteiger partial charge in [-0.25, -0.2) is 9.97 Å². The fourth-order valence-corrected chi connectivity index (χ4v) is 4.33. The Hall–Kier alpha value is -0.550. The Morgan fingerprint density at radius 1 is 1.09 bits per heavy atom. The zero-order valence-electron chi connectivity index (χ0n) is 11.8. The SMILES string of the molecule is ClCCc1nc(SCc2c(Cl)cncc2Cl)nc2c1CCC2. The van der Waals surface area contributed by atoms with Gasteiger partial charge in [0.2, 0.25) is 0 Å². The first kappa shape index (κ1) is 16.3. The molecule has 116 valence electrons. The highest BCUT2D eigenvalue weighted by Gasteiger charge is 2.19. The predicted octanol–water partition coefficient (Wildman–Crippen LogP) is 4.74. The highest BCUT2D eigenvalue weighted by atomic mass is 35.5. The van der Waals surface area contributed by atoms with Gasteiger partial charge >= 0.3 is 0 Å². The number of fused-ring (bicyclic) bond motifs is 1. The lowest BCUT2D eigenvalue weighted by Gasteiger charge is -2.10. The maximum atomic E-state index is 6.15. The van der Waals surface area contributed by atoms with E-state index in [1.165, 1.54) is 11.3 Å².